The van der Waals surface area contributed by atoms with E-state index in [4.69, 9.17) is 0 Å². The zero-order valence-electron chi connectivity index (χ0n) is 12.0. The van der Waals surface area contributed by atoms with Crippen molar-refractivity contribution in [2.75, 3.05) is 0 Å². The molecule has 0 amide bonds. The third-order valence-corrected chi connectivity index (χ3v) is 5.13. The summed E-state index contributed by atoms with van der Waals surface area (Å²) in [6, 6.07) is 7.73. The molecular weight excluding hydrogens is 284 g/mol. The number of rotatable bonds is 5. The maximum Gasteiger partial charge on any atom is 0.272 e. The molecule has 3 rings (SSSR count). The Morgan fingerprint density at radius 3 is 2.90 bits per heavy atom. The van der Waals surface area contributed by atoms with Crippen LogP contribution in [0.2, 0.25) is 0 Å². The molecule has 5 heteroatoms. The fourth-order valence-electron chi connectivity index (χ4n) is 2.77. The van der Waals surface area contributed by atoms with E-state index in [9.17, 15) is 10.1 Å². The number of thiophene rings is 1. The van der Waals surface area contributed by atoms with Gasteiger partial charge in [0.1, 0.15) is 0 Å². The van der Waals surface area contributed by atoms with E-state index in [2.05, 4.69) is 11.4 Å². The second-order valence-electron chi connectivity index (χ2n) is 5.50. The number of nitrogens with zero attached hydrogens (tertiary/aromatic N) is 1. The van der Waals surface area contributed by atoms with E-state index in [1.165, 1.54) is 34.6 Å². The first-order valence-electron chi connectivity index (χ1n) is 7.18. The monoisotopic (exact) mass is 302 g/mol. The van der Waals surface area contributed by atoms with Crippen molar-refractivity contribution in [1.29, 1.82) is 0 Å². The quantitative estimate of drug-likeness (QED) is 0.676. The van der Waals surface area contributed by atoms with Gasteiger partial charge in [-0.05, 0) is 43.4 Å². The van der Waals surface area contributed by atoms with Crippen LogP contribution in [-0.4, -0.2) is 4.92 Å². The van der Waals surface area contributed by atoms with Crippen LogP contribution in [0.1, 0.15) is 32.9 Å². The van der Waals surface area contributed by atoms with Crippen molar-refractivity contribution < 1.29 is 4.92 Å². The van der Waals surface area contributed by atoms with Crippen LogP contribution in [0, 0.1) is 17.0 Å². The fourth-order valence-corrected chi connectivity index (χ4v) is 4.00. The molecule has 0 radical (unpaired) electrons. The predicted molar refractivity (Wildman–Crippen MR) is 84.7 cm³/mol. The average molecular weight is 302 g/mol. The highest BCUT2D eigenvalue weighted by Gasteiger charge is 2.14. The lowest BCUT2D eigenvalue weighted by atomic mass is 10.1. The van der Waals surface area contributed by atoms with Crippen molar-refractivity contribution in [3.8, 4) is 0 Å². The van der Waals surface area contributed by atoms with E-state index in [-0.39, 0.29) is 10.6 Å². The molecule has 0 spiro atoms. The Bertz CT molecular complexity index is 657. The van der Waals surface area contributed by atoms with Gasteiger partial charge in [-0.25, -0.2) is 0 Å². The number of nitro groups is 1. The predicted octanol–water partition coefficient (Wildman–Crippen LogP) is 3.74. The van der Waals surface area contributed by atoms with E-state index in [0.717, 1.165) is 12.1 Å². The Kier molecular flexibility index (Phi) is 4.03. The Balaban J connectivity index is 1.60. The summed E-state index contributed by atoms with van der Waals surface area (Å²) in [5.41, 5.74) is 3.38. The van der Waals surface area contributed by atoms with Crippen LogP contribution in [0.15, 0.2) is 24.3 Å². The molecule has 1 aromatic carbocycles. The molecule has 0 bridgehead atoms. The van der Waals surface area contributed by atoms with Crippen LogP contribution in [0.25, 0.3) is 0 Å². The Labute approximate surface area is 128 Å². The summed E-state index contributed by atoms with van der Waals surface area (Å²) in [6.07, 6.45) is 3.74. The first kappa shape index (κ1) is 14.2. The van der Waals surface area contributed by atoms with E-state index in [1.54, 1.807) is 13.0 Å². The summed E-state index contributed by atoms with van der Waals surface area (Å²) in [5.74, 6) is 0. The number of fused-ring (bicyclic) bond motifs is 1. The van der Waals surface area contributed by atoms with E-state index < -0.39 is 0 Å². The van der Waals surface area contributed by atoms with Crippen molar-refractivity contribution in [1.82, 2.24) is 5.32 Å². The van der Waals surface area contributed by atoms with Gasteiger partial charge < -0.3 is 5.32 Å². The topological polar surface area (TPSA) is 55.2 Å². The van der Waals surface area contributed by atoms with Crippen molar-refractivity contribution >= 4 is 17.0 Å². The molecule has 110 valence electrons. The fraction of sp³-hybridized carbons (Fsp3) is 0.375. The highest BCUT2D eigenvalue weighted by Crippen LogP contribution is 2.30. The molecule has 0 saturated carbocycles. The summed E-state index contributed by atoms with van der Waals surface area (Å²) >= 11 is 1.90. The van der Waals surface area contributed by atoms with E-state index in [0.29, 0.717) is 12.1 Å². The van der Waals surface area contributed by atoms with Crippen molar-refractivity contribution in [3.05, 3.63) is 60.8 Å². The number of hydrogen-bond acceptors (Lipinski definition) is 4. The second kappa shape index (κ2) is 5.95. The lowest BCUT2D eigenvalue weighted by Crippen LogP contribution is -2.12. The summed E-state index contributed by atoms with van der Waals surface area (Å²) in [4.78, 5) is 13.5. The molecule has 1 N–H and O–H groups in total. The van der Waals surface area contributed by atoms with Crippen LogP contribution in [0.4, 0.5) is 5.69 Å². The van der Waals surface area contributed by atoms with Gasteiger partial charge in [-0.2, -0.15) is 0 Å². The van der Waals surface area contributed by atoms with Gasteiger partial charge in [-0.1, -0.05) is 12.1 Å². The largest absolute Gasteiger partial charge is 0.308 e. The van der Waals surface area contributed by atoms with Gasteiger partial charge in [0.15, 0.2) is 0 Å². The lowest BCUT2D eigenvalue weighted by molar-refractivity contribution is -0.385. The van der Waals surface area contributed by atoms with Crippen LogP contribution >= 0.6 is 11.3 Å². The summed E-state index contributed by atoms with van der Waals surface area (Å²) in [5, 5.41) is 14.3. The van der Waals surface area contributed by atoms with Crippen molar-refractivity contribution in [2.24, 2.45) is 0 Å². The summed E-state index contributed by atoms with van der Waals surface area (Å²) in [7, 11) is 0. The Morgan fingerprint density at radius 1 is 1.29 bits per heavy atom. The molecule has 0 unspecified atom stereocenters. The smallest absolute Gasteiger partial charge is 0.272 e. The first-order valence-corrected chi connectivity index (χ1v) is 8.00. The van der Waals surface area contributed by atoms with Gasteiger partial charge in [0.2, 0.25) is 0 Å². The maximum absolute atomic E-state index is 10.9. The van der Waals surface area contributed by atoms with Crippen LogP contribution in [0.5, 0.6) is 0 Å². The van der Waals surface area contributed by atoms with Gasteiger partial charge in [-0.3, -0.25) is 10.1 Å². The molecule has 21 heavy (non-hydrogen) atoms. The molecule has 0 saturated heterocycles. The SMILES string of the molecule is Cc1ccc(CNCc2cc3c(s2)CCC3)cc1[N+](=O)[O-]. The average Bonchev–Trinajstić information content (AvgIpc) is 3.01. The molecule has 1 heterocycles. The summed E-state index contributed by atoms with van der Waals surface area (Å²) in [6.45, 7) is 3.26. The molecule has 1 aromatic heterocycles. The standard InChI is InChI=1S/C16H18N2O2S/c1-11-5-6-12(7-15(11)18(19)20)9-17-10-14-8-13-3-2-4-16(13)21-14/h5-8,17H,2-4,9-10H2,1H3. The number of hydrogen-bond donors (Lipinski definition) is 1. The highest BCUT2D eigenvalue weighted by molar-refractivity contribution is 7.12. The summed E-state index contributed by atoms with van der Waals surface area (Å²) < 4.78 is 0. The first-order chi connectivity index (χ1) is 10.1. The van der Waals surface area contributed by atoms with Crippen LogP contribution in [0.3, 0.4) is 0 Å². The molecule has 1 aliphatic rings. The normalized spacial score (nSPS) is 13.4. The van der Waals surface area contributed by atoms with Crippen LogP contribution < -0.4 is 5.32 Å². The molecule has 4 nitrogen and oxygen atoms in total. The second-order valence-corrected chi connectivity index (χ2v) is 6.72. The molecule has 0 aliphatic heterocycles. The van der Waals surface area contributed by atoms with E-state index >= 15 is 0 Å². The number of benzene rings is 1. The van der Waals surface area contributed by atoms with Gasteiger partial charge in [0, 0.05) is 34.5 Å². The Morgan fingerprint density at radius 2 is 2.14 bits per heavy atom. The minimum absolute atomic E-state index is 0.199. The number of aryl methyl sites for hydroxylation is 3. The zero-order chi connectivity index (χ0) is 14.8. The third-order valence-electron chi connectivity index (χ3n) is 3.90. The van der Waals surface area contributed by atoms with Gasteiger partial charge >= 0.3 is 0 Å². The van der Waals surface area contributed by atoms with Gasteiger partial charge in [0.25, 0.3) is 5.69 Å². The molecule has 0 atom stereocenters. The third kappa shape index (κ3) is 3.14. The molecule has 1 aliphatic carbocycles. The minimum Gasteiger partial charge on any atom is -0.308 e. The van der Waals surface area contributed by atoms with Gasteiger partial charge in [-0.15, -0.1) is 11.3 Å². The lowest BCUT2D eigenvalue weighted by Gasteiger charge is -2.05. The Hall–Kier alpha value is -1.72. The molecular formula is C16H18N2O2S. The number of nitrogens with one attached hydrogen (secondary N) is 1. The minimum atomic E-state index is -0.317. The van der Waals surface area contributed by atoms with E-state index in [1.807, 2.05) is 23.5 Å². The molecule has 0 fully saturated rings. The molecule has 2 aromatic rings. The van der Waals surface area contributed by atoms with Gasteiger partial charge in [0.05, 0.1) is 4.92 Å². The highest BCUT2D eigenvalue weighted by atomic mass is 32.1. The van der Waals surface area contributed by atoms with Crippen molar-refractivity contribution in [2.45, 2.75) is 39.3 Å². The number of nitro benzene ring substituents is 1. The van der Waals surface area contributed by atoms with Crippen LogP contribution in [-0.2, 0) is 25.9 Å². The van der Waals surface area contributed by atoms with Crippen molar-refractivity contribution in [3.63, 3.8) is 0 Å². The maximum atomic E-state index is 10.9. The zero-order valence-corrected chi connectivity index (χ0v) is 12.8.